The highest BCUT2D eigenvalue weighted by Gasteiger charge is 2.13. The SMILES string of the molecule is Cc1nn(C)c(CNc2ccc3c(c2)OCCO3)c1Cl. The number of hydrogen-bond donors (Lipinski definition) is 1. The Kier molecular flexibility index (Phi) is 3.44. The van der Waals surface area contributed by atoms with E-state index in [1.165, 1.54) is 0 Å². The van der Waals surface area contributed by atoms with Crippen LogP contribution in [0.25, 0.3) is 0 Å². The molecule has 2 heterocycles. The maximum Gasteiger partial charge on any atom is 0.163 e. The Hall–Kier alpha value is -1.88. The van der Waals surface area contributed by atoms with Gasteiger partial charge in [0.2, 0.25) is 0 Å². The van der Waals surface area contributed by atoms with Crippen molar-refractivity contribution in [3.8, 4) is 11.5 Å². The smallest absolute Gasteiger partial charge is 0.163 e. The number of halogens is 1. The van der Waals surface area contributed by atoms with Gasteiger partial charge < -0.3 is 14.8 Å². The Morgan fingerprint density at radius 1 is 1.30 bits per heavy atom. The van der Waals surface area contributed by atoms with Crippen LogP contribution in [-0.4, -0.2) is 23.0 Å². The zero-order valence-corrected chi connectivity index (χ0v) is 12.2. The molecule has 5 nitrogen and oxygen atoms in total. The van der Waals surface area contributed by atoms with Gasteiger partial charge in [-0.25, -0.2) is 0 Å². The van der Waals surface area contributed by atoms with Crippen LogP contribution in [0, 0.1) is 6.92 Å². The summed E-state index contributed by atoms with van der Waals surface area (Å²) in [5, 5.41) is 8.32. The van der Waals surface area contributed by atoms with Crippen molar-refractivity contribution in [2.24, 2.45) is 7.05 Å². The minimum Gasteiger partial charge on any atom is -0.486 e. The third kappa shape index (κ3) is 2.41. The van der Waals surface area contributed by atoms with Gasteiger partial charge in [-0.05, 0) is 19.1 Å². The van der Waals surface area contributed by atoms with Gasteiger partial charge in [0.05, 0.1) is 23.0 Å². The second-order valence-electron chi connectivity index (χ2n) is 4.68. The first-order chi connectivity index (χ1) is 9.65. The number of ether oxygens (including phenoxy) is 2. The summed E-state index contributed by atoms with van der Waals surface area (Å²) in [6.07, 6.45) is 0. The third-order valence-electron chi connectivity index (χ3n) is 3.26. The van der Waals surface area contributed by atoms with E-state index in [-0.39, 0.29) is 0 Å². The van der Waals surface area contributed by atoms with Crippen molar-refractivity contribution in [2.75, 3.05) is 18.5 Å². The highest BCUT2D eigenvalue weighted by atomic mass is 35.5. The molecule has 0 fully saturated rings. The van der Waals surface area contributed by atoms with Crippen molar-refractivity contribution in [1.29, 1.82) is 0 Å². The van der Waals surface area contributed by atoms with Crippen LogP contribution < -0.4 is 14.8 Å². The van der Waals surface area contributed by atoms with E-state index in [0.717, 1.165) is 28.6 Å². The zero-order chi connectivity index (χ0) is 14.1. The third-order valence-corrected chi connectivity index (χ3v) is 3.76. The molecule has 0 spiro atoms. The van der Waals surface area contributed by atoms with Gasteiger partial charge in [-0.2, -0.15) is 5.10 Å². The molecular weight excluding hydrogens is 278 g/mol. The summed E-state index contributed by atoms with van der Waals surface area (Å²) in [5.41, 5.74) is 2.76. The second-order valence-corrected chi connectivity index (χ2v) is 5.06. The minimum absolute atomic E-state index is 0.587. The number of aryl methyl sites for hydroxylation is 2. The Morgan fingerprint density at radius 2 is 2.05 bits per heavy atom. The van der Waals surface area contributed by atoms with E-state index in [2.05, 4.69) is 10.4 Å². The lowest BCUT2D eigenvalue weighted by Crippen LogP contribution is -2.15. The zero-order valence-electron chi connectivity index (χ0n) is 11.4. The fraction of sp³-hybridized carbons (Fsp3) is 0.357. The number of aromatic nitrogens is 2. The molecule has 0 saturated heterocycles. The van der Waals surface area contributed by atoms with Crippen LogP contribution in [0.3, 0.4) is 0 Å². The van der Waals surface area contributed by atoms with E-state index < -0.39 is 0 Å². The molecule has 1 aromatic heterocycles. The number of nitrogens with zero attached hydrogens (tertiary/aromatic N) is 2. The van der Waals surface area contributed by atoms with E-state index in [4.69, 9.17) is 21.1 Å². The molecule has 0 saturated carbocycles. The largest absolute Gasteiger partial charge is 0.486 e. The van der Waals surface area contributed by atoms with Gasteiger partial charge in [-0.15, -0.1) is 0 Å². The van der Waals surface area contributed by atoms with E-state index in [0.29, 0.717) is 24.8 Å². The molecule has 0 radical (unpaired) electrons. The van der Waals surface area contributed by atoms with Gasteiger partial charge in [0.1, 0.15) is 13.2 Å². The van der Waals surface area contributed by atoms with Crippen molar-refractivity contribution in [3.63, 3.8) is 0 Å². The van der Waals surface area contributed by atoms with Crippen molar-refractivity contribution in [2.45, 2.75) is 13.5 Å². The fourth-order valence-electron chi connectivity index (χ4n) is 2.21. The maximum absolute atomic E-state index is 6.23. The van der Waals surface area contributed by atoms with E-state index in [1.807, 2.05) is 32.2 Å². The molecule has 0 bridgehead atoms. The van der Waals surface area contributed by atoms with Crippen LogP contribution in [0.2, 0.25) is 5.02 Å². The number of rotatable bonds is 3. The molecule has 1 aromatic carbocycles. The molecule has 1 aliphatic heterocycles. The van der Waals surface area contributed by atoms with Crippen LogP contribution in [0.5, 0.6) is 11.5 Å². The quantitative estimate of drug-likeness (QED) is 0.945. The molecule has 0 atom stereocenters. The molecule has 1 N–H and O–H groups in total. The number of fused-ring (bicyclic) bond motifs is 1. The van der Waals surface area contributed by atoms with Gasteiger partial charge in [0.15, 0.2) is 11.5 Å². The van der Waals surface area contributed by atoms with Gasteiger partial charge in [0, 0.05) is 18.8 Å². The van der Waals surface area contributed by atoms with E-state index in [1.54, 1.807) is 4.68 Å². The summed E-state index contributed by atoms with van der Waals surface area (Å²) < 4.78 is 12.8. The first-order valence-corrected chi connectivity index (χ1v) is 6.84. The standard InChI is InChI=1S/C14H16ClN3O2/c1-9-14(15)11(18(2)17-9)8-16-10-3-4-12-13(7-10)20-6-5-19-12/h3-4,7,16H,5-6,8H2,1-2H3. The van der Waals surface area contributed by atoms with Crippen LogP contribution >= 0.6 is 11.6 Å². The highest BCUT2D eigenvalue weighted by Crippen LogP contribution is 2.32. The summed E-state index contributed by atoms with van der Waals surface area (Å²) in [7, 11) is 1.89. The fourth-order valence-corrected chi connectivity index (χ4v) is 2.44. The summed E-state index contributed by atoms with van der Waals surface area (Å²) in [6, 6.07) is 5.81. The lowest BCUT2D eigenvalue weighted by Gasteiger charge is -2.19. The van der Waals surface area contributed by atoms with Crippen molar-refractivity contribution in [3.05, 3.63) is 34.6 Å². The Morgan fingerprint density at radius 3 is 2.75 bits per heavy atom. The monoisotopic (exact) mass is 293 g/mol. The maximum atomic E-state index is 6.23. The van der Waals surface area contributed by atoms with Crippen molar-refractivity contribution >= 4 is 17.3 Å². The van der Waals surface area contributed by atoms with Crippen molar-refractivity contribution in [1.82, 2.24) is 9.78 Å². The number of nitrogens with one attached hydrogen (secondary N) is 1. The first-order valence-electron chi connectivity index (χ1n) is 6.46. The van der Waals surface area contributed by atoms with E-state index in [9.17, 15) is 0 Å². The van der Waals surface area contributed by atoms with Crippen molar-refractivity contribution < 1.29 is 9.47 Å². The highest BCUT2D eigenvalue weighted by molar-refractivity contribution is 6.31. The Labute approximate surface area is 122 Å². The average Bonchev–Trinajstić information content (AvgIpc) is 2.70. The summed E-state index contributed by atoms with van der Waals surface area (Å²) in [4.78, 5) is 0. The van der Waals surface area contributed by atoms with Gasteiger partial charge in [0.25, 0.3) is 0 Å². The van der Waals surface area contributed by atoms with Crippen LogP contribution in [0.4, 0.5) is 5.69 Å². The predicted octanol–water partition coefficient (Wildman–Crippen LogP) is 2.77. The normalized spacial score (nSPS) is 13.3. The molecule has 2 aromatic rings. The average molecular weight is 294 g/mol. The topological polar surface area (TPSA) is 48.3 Å². The summed E-state index contributed by atoms with van der Waals surface area (Å²) in [6.45, 7) is 3.69. The minimum atomic E-state index is 0.587. The lowest BCUT2D eigenvalue weighted by molar-refractivity contribution is 0.171. The molecular formula is C14H16ClN3O2. The first kappa shape index (κ1) is 13.1. The molecule has 1 aliphatic rings. The van der Waals surface area contributed by atoms with Crippen LogP contribution in [-0.2, 0) is 13.6 Å². The number of hydrogen-bond acceptors (Lipinski definition) is 4. The summed E-state index contributed by atoms with van der Waals surface area (Å²) in [5.74, 6) is 1.56. The van der Waals surface area contributed by atoms with Gasteiger partial charge in [-0.1, -0.05) is 11.6 Å². The Bertz CT molecular complexity index is 640. The molecule has 3 rings (SSSR count). The molecule has 20 heavy (non-hydrogen) atoms. The molecule has 106 valence electrons. The second kappa shape index (κ2) is 5.25. The number of anilines is 1. The Balaban J connectivity index is 1.75. The van der Waals surface area contributed by atoms with Gasteiger partial charge >= 0.3 is 0 Å². The molecule has 6 heteroatoms. The van der Waals surface area contributed by atoms with Gasteiger partial charge in [-0.3, -0.25) is 4.68 Å². The predicted molar refractivity (Wildman–Crippen MR) is 77.7 cm³/mol. The van der Waals surface area contributed by atoms with Crippen LogP contribution in [0.1, 0.15) is 11.4 Å². The molecule has 0 amide bonds. The van der Waals surface area contributed by atoms with E-state index >= 15 is 0 Å². The lowest BCUT2D eigenvalue weighted by atomic mass is 10.2. The summed E-state index contributed by atoms with van der Waals surface area (Å²) >= 11 is 6.23. The molecule has 0 aliphatic carbocycles. The van der Waals surface area contributed by atoms with Crippen LogP contribution in [0.15, 0.2) is 18.2 Å². The number of benzene rings is 1. The molecule has 0 unspecified atom stereocenters.